The summed E-state index contributed by atoms with van der Waals surface area (Å²) in [7, 11) is 1.49. The zero-order valence-electron chi connectivity index (χ0n) is 9.48. The van der Waals surface area contributed by atoms with Crippen LogP contribution >= 0.6 is 11.3 Å². The van der Waals surface area contributed by atoms with Gasteiger partial charge in [0.25, 0.3) is 0 Å². The smallest absolute Gasteiger partial charge is 0.150 e. The average molecular weight is 253 g/mol. The van der Waals surface area contributed by atoms with Crippen LogP contribution in [0.5, 0.6) is 5.75 Å². The van der Waals surface area contributed by atoms with Crippen LogP contribution in [0.4, 0.5) is 4.39 Å². The molecule has 0 radical (unpaired) electrons. The standard InChI is InChI=1S/C11H12FN3OS/c1-6(13)10-14-15-11(17-10)8-4-3-7(16-2)5-9(8)12/h3-6H,13H2,1-2H3. The number of rotatable bonds is 3. The summed E-state index contributed by atoms with van der Waals surface area (Å²) in [6, 6.07) is 4.44. The predicted molar refractivity (Wildman–Crippen MR) is 64.5 cm³/mol. The van der Waals surface area contributed by atoms with Crippen molar-refractivity contribution in [3.8, 4) is 16.3 Å². The Bertz CT molecular complexity index is 527. The molecule has 1 aromatic carbocycles. The van der Waals surface area contributed by atoms with E-state index in [9.17, 15) is 4.39 Å². The number of hydrogen-bond acceptors (Lipinski definition) is 5. The van der Waals surface area contributed by atoms with Crippen LogP contribution in [0, 0.1) is 5.82 Å². The van der Waals surface area contributed by atoms with E-state index in [1.165, 1.54) is 24.5 Å². The van der Waals surface area contributed by atoms with Gasteiger partial charge in [-0.3, -0.25) is 0 Å². The summed E-state index contributed by atoms with van der Waals surface area (Å²) in [6.45, 7) is 1.81. The molecular weight excluding hydrogens is 241 g/mol. The van der Waals surface area contributed by atoms with Crippen molar-refractivity contribution in [1.82, 2.24) is 10.2 Å². The maximum atomic E-state index is 13.8. The van der Waals surface area contributed by atoms with Gasteiger partial charge >= 0.3 is 0 Å². The molecule has 17 heavy (non-hydrogen) atoms. The van der Waals surface area contributed by atoms with E-state index >= 15 is 0 Å². The fourth-order valence-corrected chi connectivity index (χ4v) is 2.15. The first-order valence-electron chi connectivity index (χ1n) is 5.04. The molecule has 2 rings (SSSR count). The number of benzene rings is 1. The molecule has 2 N–H and O–H groups in total. The first-order chi connectivity index (χ1) is 8.11. The summed E-state index contributed by atoms with van der Waals surface area (Å²) in [5.74, 6) is 0.0971. The molecule has 4 nitrogen and oxygen atoms in total. The summed E-state index contributed by atoms with van der Waals surface area (Å²) in [5, 5.41) is 9.07. The lowest BCUT2D eigenvalue weighted by atomic mass is 10.2. The molecule has 0 amide bonds. The Hall–Kier alpha value is -1.53. The maximum Gasteiger partial charge on any atom is 0.150 e. The second-order valence-corrected chi connectivity index (χ2v) is 4.59. The van der Waals surface area contributed by atoms with Gasteiger partial charge in [0.1, 0.15) is 16.6 Å². The number of methoxy groups -OCH3 is 1. The highest BCUT2D eigenvalue weighted by atomic mass is 32.1. The number of ether oxygens (including phenoxy) is 1. The van der Waals surface area contributed by atoms with E-state index in [1.807, 2.05) is 6.92 Å². The lowest BCUT2D eigenvalue weighted by molar-refractivity contribution is 0.411. The normalized spacial score (nSPS) is 12.5. The highest BCUT2D eigenvalue weighted by Crippen LogP contribution is 2.29. The molecule has 0 spiro atoms. The minimum absolute atomic E-state index is 0.192. The summed E-state index contributed by atoms with van der Waals surface area (Å²) in [5.41, 5.74) is 6.10. The largest absolute Gasteiger partial charge is 0.497 e. The third kappa shape index (κ3) is 2.42. The molecule has 1 atom stereocenters. The van der Waals surface area contributed by atoms with Crippen LogP contribution in [0.1, 0.15) is 18.0 Å². The lowest BCUT2D eigenvalue weighted by Gasteiger charge is -2.02. The Kier molecular flexibility index (Phi) is 3.35. The summed E-state index contributed by atoms with van der Waals surface area (Å²) in [6.07, 6.45) is 0. The number of nitrogens with zero attached hydrogens (tertiary/aromatic N) is 2. The van der Waals surface area contributed by atoms with Gasteiger partial charge < -0.3 is 10.5 Å². The van der Waals surface area contributed by atoms with Gasteiger partial charge in [-0.2, -0.15) is 0 Å². The van der Waals surface area contributed by atoms with Crippen LogP contribution < -0.4 is 10.5 Å². The van der Waals surface area contributed by atoms with Gasteiger partial charge in [-0.15, -0.1) is 10.2 Å². The average Bonchev–Trinajstić information content (AvgIpc) is 2.78. The number of aromatic nitrogens is 2. The van der Waals surface area contributed by atoms with Crippen molar-refractivity contribution in [2.24, 2.45) is 5.73 Å². The molecule has 1 aromatic heterocycles. The highest BCUT2D eigenvalue weighted by molar-refractivity contribution is 7.14. The first-order valence-corrected chi connectivity index (χ1v) is 5.86. The van der Waals surface area contributed by atoms with E-state index in [-0.39, 0.29) is 11.9 Å². The van der Waals surface area contributed by atoms with Gasteiger partial charge in [-0.1, -0.05) is 11.3 Å². The van der Waals surface area contributed by atoms with Crippen molar-refractivity contribution >= 4 is 11.3 Å². The van der Waals surface area contributed by atoms with E-state index < -0.39 is 0 Å². The van der Waals surface area contributed by atoms with Gasteiger partial charge in [0.2, 0.25) is 0 Å². The molecule has 0 aliphatic heterocycles. The monoisotopic (exact) mass is 253 g/mol. The van der Waals surface area contributed by atoms with E-state index in [2.05, 4.69) is 10.2 Å². The Morgan fingerprint density at radius 3 is 2.71 bits per heavy atom. The minimum atomic E-state index is -0.378. The Labute approximate surface area is 102 Å². The third-order valence-corrected chi connectivity index (χ3v) is 3.39. The molecule has 2 aromatic rings. The molecule has 1 unspecified atom stereocenters. The number of nitrogens with two attached hydrogens (primary N) is 1. The van der Waals surface area contributed by atoms with Gasteiger partial charge in [0, 0.05) is 11.6 Å². The summed E-state index contributed by atoms with van der Waals surface area (Å²) in [4.78, 5) is 0. The van der Waals surface area contributed by atoms with Gasteiger partial charge in [0.15, 0.2) is 5.01 Å². The second-order valence-electron chi connectivity index (χ2n) is 3.58. The van der Waals surface area contributed by atoms with Crippen molar-refractivity contribution in [2.45, 2.75) is 13.0 Å². The first kappa shape index (κ1) is 11.9. The molecule has 0 saturated heterocycles. The van der Waals surface area contributed by atoms with Crippen LogP contribution in [0.15, 0.2) is 18.2 Å². The van der Waals surface area contributed by atoms with Crippen molar-refractivity contribution in [2.75, 3.05) is 7.11 Å². The van der Waals surface area contributed by atoms with Crippen LogP contribution in [0.2, 0.25) is 0 Å². The van der Waals surface area contributed by atoms with Crippen LogP contribution in [0.25, 0.3) is 10.6 Å². The number of hydrogen-bond donors (Lipinski definition) is 1. The quantitative estimate of drug-likeness (QED) is 0.912. The van der Waals surface area contributed by atoms with Gasteiger partial charge in [-0.05, 0) is 19.1 Å². The fraction of sp³-hybridized carbons (Fsp3) is 0.273. The zero-order valence-corrected chi connectivity index (χ0v) is 10.3. The van der Waals surface area contributed by atoms with Crippen molar-refractivity contribution in [1.29, 1.82) is 0 Å². The molecule has 90 valence electrons. The van der Waals surface area contributed by atoms with Crippen molar-refractivity contribution in [3.63, 3.8) is 0 Å². The lowest BCUT2D eigenvalue weighted by Crippen LogP contribution is -2.03. The molecule has 0 saturated carbocycles. The maximum absolute atomic E-state index is 13.8. The molecule has 6 heteroatoms. The molecule has 0 aliphatic rings. The van der Waals surface area contributed by atoms with Gasteiger partial charge in [-0.25, -0.2) is 4.39 Å². The minimum Gasteiger partial charge on any atom is -0.497 e. The number of halogens is 1. The van der Waals surface area contributed by atoms with Crippen LogP contribution in [-0.4, -0.2) is 17.3 Å². The second kappa shape index (κ2) is 4.77. The van der Waals surface area contributed by atoms with E-state index in [0.29, 0.717) is 21.3 Å². The van der Waals surface area contributed by atoms with E-state index in [1.54, 1.807) is 12.1 Å². The highest BCUT2D eigenvalue weighted by Gasteiger charge is 2.13. The third-order valence-electron chi connectivity index (χ3n) is 2.24. The molecule has 0 bridgehead atoms. The van der Waals surface area contributed by atoms with Crippen molar-refractivity contribution < 1.29 is 9.13 Å². The van der Waals surface area contributed by atoms with E-state index in [0.717, 1.165) is 0 Å². The zero-order chi connectivity index (χ0) is 12.4. The van der Waals surface area contributed by atoms with Crippen LogP contribution in [-0.2, 0) is 0 Å². The molecule has 0 aliphatic carbocycles. The van der Waals surface area contributed by atoms with Crippen LogP contribution in [0.3, 0.4) is 0 Å². The molecule has 0 fully saturated rings. The SMILES string of the molecule is COc1ccc(-c2nnc(C(C)N)s2)c(F)c1. The molecular formula is C11H12FN3OS. The Morgan fingerprint density at radius 1 is 1.41 bits per heavy atom. The molecule has 1 heterocycles. The predicted octanol–water partition coefficient (Wildman–Crippen LogP) is 2.37. The fourth-order valence-electron chi connectivity index (χ4n) is 1.32. The van der Waals surface area contributed by atoms with Crippen molar-refractivity contribution in [3.05, 3.63) is 29.0 Å². The Balaban J connectivity index is 2.38. The summed E-state index contributed by atoms with van der Waals surface area (Å²) < 4.78 is 18.7. The summed E-state index contributed by atoms with van der Waals surface area (Å²) >= 11 is 1.29. The van der Waals surface area contributed by atoms with Gasteiger partial charge in [0.05, 0.1) is 13.2 Å². The Morgan fingerprint density at radius 2 is 2.18 bits per heavy atom. The van der Waals surface area contributed by atoms with E-state index in [4.69, 9.17) is 10.5 Å². The topological polar surface area (TPSA) is 61.0 Å².